The third-order valence-electron chi connectivity index (χ3n) is 4.79. The van der Waals surface area contributed by atoms with E-state index in [0.29, 0.717) is 16.9 Å². The zero-order chi connectivity index (χ0) is 23.8. The Balaban J connectivity index is 1.54. The van der Waals surface area contributed by atoms with E-state index in [1.807, 2.05) is 6.92 Å². The number of benzene rings is 2. The lowest BCUT2D eigenvalue weighted by molar-refractivity contribution is 0.102. The summed E-state index contributed by atoms with van der Waals surface area (Å²) in [4.78, 5) is 17.0. The van der Waals surface area contributed by atoms with Gasteiger partial charge in [-0.3, -0.25) is 13.9 Å². The molecular formula is C22H20N4O5S2. The van der Waals surface area contributed by atoms with E-state index in [0.717, 1.165) is 11.8 Å². The average Bonchev–Trinajstić information content (AvgIpc) is 3.16. The predicted molar refractivity (Wildman–Crippen MR) is 125 cm³/mol. The van der Waals surface area contributed by atoms with Crippen molar-refractivity contribution in [1.82, 2.24) is 9.38 Å². The van der Waals surface area contributed by atoms with Crippen molar-refractivity contribution in [2.24, 2.45) is 0 Å². The predicted octanol–water partition coefficient (Wildman–Crippen LogP) is 3.10. The fraction of sp³-hybridized carbons (Fsp3) is 0.0909. The number of fused-ring (bicyclic) bond motifs is 1. The molecule has 33 heavy (non-hydrogen) atoms. The van der Waals surface area contributed by atoms with E-state index in [-0.39, 0.29) is 15.7 Å². The van der Waals surface area contributed by atoms with Crippen LogP contribution in [0.15, 0.2) is 83.0 Å². The Morgan fingerprint density at radius 2 is 1.52 bits per heavy atom. The Morgan fingerprint density at radius 3 is 2.15 bits per heavy atom. The van der Waals surface area contributed by atoms with Crippen molar-refractivity contribution in [3.05, 3.63) is 84.2 Å². The highest BCUT2D eigenvalue weighted by molar-refractivity contribution is 7.92. The zero-order valence-corrected chi connectivity index (χ0v) is 19.3. The number of hydrogen-bond donors (Lipinski definition) is 2. The Hall–Kier alpha value is -3.70. The van der Waals surface area contributed by atoms with Gasteiger partial charge in [0.25, 0.3) is 15.9 Å². The lowest BCUT2D eigenvalue weighted by atomic mass is 10.2. The highest BCUT2D eigenvalue weighted by Crippen LogP contribution is 2.21. The van der Waals surface area contributed by atoms with Crippen molar-refractivity contribution < 1.29 is 21.6 Å². The molecule has 2 N–H and O–H groups in total. The summed E-state index contributed by atoms with van der Waals surface area (Å²) in [6, 6.07) is 17.4. The Morgan fingerprint density at radius 1 is 0.879 bits per heavy atom. The Bertz CT molecular complexity index is 1560. The van der Waals surface area contributed by atoms with Crippen LogP contribution in [0.4, 0.5) is 11.4 Å². The van der Waals surface area contributed by atoms with E-state index in [9.17, 15) is 21.6 Å². The number of aromatic nitrogens is 2. The van der Waals surface area contributed by atoms with Gasteiger partial charge in [-0.2, -0.15) is 0 Å². The number of nitrogens with one attached hydrogen (secondary N) is 2. The molecule has 4 aromatic rings. The number of anilines is 2. The zero-order valence-electron chi connectivity index (χ0n) is 17.7. The molecule has 170 valence electrons. The van der Waals surface area contributed by atoms with Crippen molar-refractivity contribution in [2.75, 3.05) is 16.3 Å². The second-order valence-electron chi connectivity index (χ2n) is 7.42. The van der Waals surface area contributed by atoms with Gasteiger partial charge in [0.2, 0.25) is 15.0 Å². The van der Waals surface area contributed by atoms with Crippen LogP contribution in [0, 0.1) is 6.92 Å². The molecule has 0 saturated carbocycles. The second-order valence-corrected chi connectivity index (χ2v) is 11.0. The smallest absolute Gasteiger partial charge is 0.276 e. The van der Waals surface area contributed by atoms with Gasteiger partial charge in [-0.05, 0) is 55.5 Å². The van der Waals surface area contributed by atoms with Crippen molar-refractivity contribution in [1.29, 1.82) is 0 Å². The summed E-state index contributed by atoms with van der Waals surface area (Å²) in [5, 5.41) is 2.42. The standard InChI is InChI=1S/C22H20N4O5S2/c1-15-6-12-18(13-7-15)33(30,31)25-17-10-8-16(9-11-17)23-21(27)20-19-5-3-4-14-26(19)22(24-20)32(2,28)29/h3-14,25H,1-2H3,(H,23,27). The number of nitrogens with zero attached hydrogens (tertiary/aromatic N) is 2. The van der Waals surface area contributed by atoms with Crippen LogP contribution in [0.1, 0.15) is 16.1 Å². The number of rotatable bonds is 6. The lowest BCUT2D eigenvalue weighted by Crippen LogP contribution is -2.14. The quantitative estimate of drug-likeness (QED) is 0.433. The molecule has 0 aliphatic heterocycles. The van der Waals surface area contributed by atoms with Crippen molar-refractivity contribution >= 4 is 42.7 Å². The number of carbonyl (C=O) groups is 1. The lowest BCUT2D eigenvalue weighted by Gasteiger charge is -2.09. The number of carbonyl (C=O) groups excluding carboxylic acids is 1. The molecule has 1 amide bonds. The van der Waals surface area contributed by atoms with Gasteiger partial charge < -0.3 is 5.32 Å². The first kappa shape index (κ1) is 22.5. The number of aryl methyl sites for hydroxylation is 1. The van der Waals surface area contributed by atoms with Gasteiger partial charge in [-0.1, -0.05) is 23.8 Å². The van der Waals surface area contributed by atoms with Crippen LogP contribution in [0.25, 0.3) is 5.52 Å². The maximum absolute atomic E-state index is 12.8. The summed E-state index contributed by atoms with van der Waals surface area (Å²) in [7, 11) is -7.41. The summed E-state index contributed by atoms with van der Waals surface area (Å²) < 4.78 is 53.0. The van der Waals surface area contributed by atoms with Crippen molar-refractivity contribution in [2.45, 2.75) is 17.0 Å². The van der Waals surface area contributed by atoms with Gasteiger partial charge in [0, 0.05) is 23.8 Å². The first-order chi connectivity index (χ1) is 15.5. The van der Waals surface area contributed by atoms with Crippen LogP contribution < -0.4 is 10.0 Å². The van der Waals surface area contributed by atoms with E-state index in [4.69, 9.17) is 0 Å². The minimum atomic E-state index is -3.75. The summed E-state index contributed by atoms with van der Waals surface area (Å²) in [5.41, 5.74) is 1.96. The Kier molecular flexibility index (Phi) is 5.68. The summed E-state index contributed by atoms with van der Waals surface area (Å²) in [5.74, 6) is -0.596. The molecule has 2 heterocycles. The van der Waals surface area contributed by atoms with E-state index in [1.54, 1.807) is 30.3 Å². The van der Waals surface area contributed by atoms with Gasteiger partial charge >= 0.3 is 0 Å². The fourth-order valence-corrected chi connectivity index (χ4v) is 5.01. The van der Waals surface area contributed by atoms with Gasteiger partial charge in [-0.15, -0.1) is 0 Å². The SMILES string of the molecule is Cc1ccc(S(=O)(=O)Nc2ccc(NC(=O)c3nc(S(C)(=O)=O)n4ccccc34)cc2)cc1. The fourth-order valence-electron chi connectivity index (χ4n) is 3.18. The molecule has 11 heteroatoms. The second kappa shape index (κ2) is 8.34. The van der Waals surface area contributed by atoms with Gasteiger partial charge in [0.15, 0.2) is 5.69 Å². The number of sulfone groups is 1. The van der Waals surface area contributed by atoms with Gasteiger partial charge in [-0.25, -0.2) is 21.8 Å². The number of sulfonamides is 1. The molecule has 0 bridgehead atoms. The molecule has 0 unspecified atom stereocenters. The molecule has 0 radical (unpaired) electrons. The molecule has 0 aliphatic rings. The largest absolute Gasteiger partial charge is 0.321 e. The molecule has 0 fully saturated rings. The third-order valence-corrected chi connectivity index (χ3v) is 7.14. The topological polar surface area (TPSA) is 127 Å². The number of amides is 1. The summed E-state index contributed by atoms with van der Waals surface area (Å²) in [6.45, 7) is 1.87. The van der Waals surface area contributed by atoms with E-state index in [1.165, 1.54) is 47.0 Å². The maximum atomic E-state index is 12.8. The van der Waals surface area contributed by atoms with E-state index < -0.39 is 25.8 Å². The maximum Gasteiger partial charge on any atom is 0.276 e. The average molecular weight is 485 g/mol. The first-order valence-corrected chi connectivity index (χ1v) is 13.1. The van der Waals surface area contributed by atoms with Gasteiger partial charge in [0.05, 0.1) is 10.4 Å². The molecule has 0 atom stereocenters. The molecular weight excluding hydrogens is 464 g/mol. The van der Waals surface area contributed by atoms with Crippen LogP contribution in [0.3, 0.4) is 0 Å². The number of pyridine rings is 1. The molecule has 0 spiro atoms. The van der Waals surface area contributed by atoms with Crippen LogP contribution in [0.5, 0.6) is 0 Å². The van der Waals surface area contributed by atoms with Crippen molar-refractivity contribution in [3.63, 3.8) is 0 Å². The van der Waals surface area contributed by atoms with Crippen LogP contribution in [-0.2, 0) is 19.9 Å². The summed E-state index contributed by atoms with van der Waals surface area (Å²) >= 11 is 0. The normalized spacial score (nSPS) is 11.9. The molecule has 4 rings (SSSR count). The molecule has 0 saturated heterocycles. The first-order valence-electron chi connectivity index (χ1n) is 9.73. The molecule has 9 nitrogen and oxygen atoms in total. The van der Waals surface area contributed by atoms with Crippen LogP contribution in [-0.4, -0.2) is 38.4 Å². The van der Waals surface area contributed by atoms with Crippen molar-refractivity contribution in [3.8, 4) is 0 Å². The number of imidazole rings is 1. The highest BCUT2D eigenvalue weighted by Gasteiger charge is 2.23. The minimum absolute atomic E-state index is 0.0415. The minimum Gasteiger partial charge on any atom is -0.321 e. The monoisotopic (exact) mass is 484 g/mol. The molecule has 0 aliphatic carbocycles. The van der Waals surface area contributed by atoms with Crippen LogP contribution >= 0.6 is 0 Å². The van der Waals surface area contributed by atoms with Crippen LogP contribution in [0.2, 0.25) is 0 Å². The highest BCUT2D eigenvalue weighted by atomic mass is 32.2. The molecule has 2 aromatic heterocycles. The van der Waals surface area contributed by atoms with Gasteiger partial charge in [0.1, 0.15) is 0 Å². The number of hydrogen-bond acceptors (Lipinski definition) is 6. The van der Waals surface area contributed by atoms with E-state index in [2.05, 4.69) is 15.0 Å². The third kappa shape index (κ3) is 4.73. The van der Waals surface area contributed by atoms with E-state index >= 15 is 0 Å². The molecule has 2 aromatic carbocycles. The Labute approximate surface area is 191 Å². The summed E-state index contributed by atoms with van der Waals surface area (Å²) in [6.07, 6.45) is 2.54.